The van der Waals surface area contributed by atoms with Crippen molar-refractivity contribution in [2.45, 2.75) is 6.92 Å². The molecule has 0 aliphatic carbocycles. The number of H-pyrrole nitrogens is 1. The molecule has 0 radical (unpaired) electrons. The average molecular weight is 376 g/mol. The second kappa shape index (κ2) is 6.89. The number of thiazole rings is 1. The lowest BCUT2D eigenvalue weighted by Crippen LogP contribution is -2.13. The highest BCUT2D eigenvalue weighted by atomic mass is 32.1. The first-order valence-corrected chi connectivity index (χ1v) is 9.53. The van der Waals surface area contributed by atoms with Gasteiger partial charge in [0.1, 0.15) is 0 Å². The van der Waals surface area contributed by atoms with Crippen LogP contribution in [0.4, 0.5) is 10.8 Å². The number of para-hydroxylation sites is 1. The lowest BCUT2D eigenvalue weighted by molar-refractivity contribution is 0.102. The van der Waals surface area contributed by atoms with Gasteiger partial charge in [-0.1, -0.05) is 18.2 Å². The molecule has 1 amide bonds. The van der Waals surface area contributed by atoms with Gasteiger partial charge in [0.2, 0.25) is 0 Å². The molecule has 5 nitrogen and oxygen atoms in total. The van der Waals surface area contributed by atoms with Crippen LogP contribution in [0.1, 0.15) is 16.1 Å². The molecule has 0 saturated heterocycles. The third-order valence-corrected chi connectivity index (χ3v) is 5.28. The zero-order chi connectivity index (χ0) is 19.0. The number of aromatic amines is 1. The zero-order valence-electron chi connectivity index (χ0n) is 15.4. The SMILES string of the molecule is Cc1[nH]c2ccccc2c1-c1csc(NC(=O)c2ccc(N(C)C)cc2)n1. The fourth-order valence-corrected chi connectivity index (χ4v) is 3.83. The summed E-state index contributed by atoms with van der Waals surface area (Å²) in [5.41, 5.74) is 5.77. The van der Waals surface area contributed by atoms with Crippen molar-refractivity contribution < 1.29 is 4.79 Å². The molecule has 4 rings (SSSR count). The molecule has 4 aromatic rings. The van der Waals surface area contributed by atoms with Gasteiger partial charge >= 0.3 is 0 Å². The van der Waals surface area contributed by atoms with E-state index in [1.54, 1.807) is 0 Å². The van der Waals surface area contributed by atoms with E-state index in [-0.39, 0.29) is 5.91 Å². The van der Waals surface area contributed by atoms with Crippen LogP contribution in [-0.4, -0.2) is 30.0 Å². The average Bonchev–Trinajstić information content (AvgIpc) is 3.24. The highest BCUT2D eigenvalue weighted by molar-refractivity contribution is 7.14. The zero-order valence-corrected chi connectivity index (χ0v) is 16.2. The summed E-state index contributed by atoms with van der Waals surface area (Å²) in [6, 6.07) is 15.7. The van der Waals surface area contributed by atoms with Gasteiger partial charge in [0.05, 0.1) is 5.69 Å². The number of hydrogen-bond donors (Lipinski definition) is 2. The number of amides is 1. The first-order valence-electron chi connectivity index (χ1n) is 8.65. The number of carbonyl (C=O) groups excluding carboxylic acids is 1. The Bertz CT molecular complexity index is 1110. The summed E-state index contributed by atoms with van der Waals surface area (Å²) in [6.07, 6.45) is 0. The smallest absolute Gasteiger partial charge is 0.257 e. The van der Waals surface area contributed by atoms with Crippen LogP contribution in [0, 0.1) is 6.92 Å². The van der Waals surface area contributed by atoms with E-state index in [9.17, 15) is 4.79 Å². The minimum Gasteiger partial charge on any atom is -0.378 e. The summed E-state index contributed by atoms with van der Waals surface area (Å²) in [5.74, 6) is -0.156. The van der Waals surface area contributed by atoms with Gasteiger partial charge in [0.25, 0.3) is 5.91 Å². The van der Waals surface area contributed by atoms with E-state index in [1.807, 2.05) is 67.7 Å². The second-order valence-corrected chi connectivity index (χ2v) is 7.46. The topological polar surface area (TPSA) is 61.0 Å². The van der Waals surface area contributed by atoms with Crippen LogP contribution in [0.15, 0.2) is 53.9 Å². The number of anilines is 2. The van der Waals surface area contributed by atoms with Crippen molar-refractivity contribution in [2.24, 2.45) is 0 Å². The van der Waals surface area contributed by atoms with Crippen LogP contribution in [0.5, 0.6) is 0 Å². The number of benzene rings is 2. The number of fused-ring (bicyclic) bond motifs is 1. The molecule has 0 unspecified atom stereocenters. The van der Waals surface area contributed by atoms with Crippen molar-refractivity contribution in [1.29, 1.82) is 0 Å². The number of aryl methyl sites for hydroxylation is 1. The Balaban J connectivity index is 1.57. The quantitative estimate of drug-likeness (QED) is 0.531. The maximum Gasteiger partial charge on any atom is 0.257 e. The van der Waals surface area contributed by atoms with Crippen molar-refractivity contribution >= 4 is 39.0 Å². The molecule has 2 heterocycles. The summed E-state index contributed by atoms with van der Waals surface area (Å²) in [7, 11) is 3.94. The van der Waals surface area contributed by atoms with E-state index in [1.165, 1.54) is 11.3 Å². The Hall–Kier alpha value is -3.12. The summed E-state index contributed by atoms with van der Waals surface area (Å²) in [4.78, 5) is 22.5. The van der Waals surface area contributed by atoms with E-state index in [0.717, 1.165) is 33.5 Å². The minimum atomic E-state index is -0.156. The molecule has 136 valence electrons. The van der Waals surface area contributed by atoms with Crippen molar-refractivity contribution in [2.75, 3.05) is 24.3 Å². The molecular formula is C21H20N4OS. The van der Waals surface area contributed by atoms with Gasteiger partial charge in [0.15, 0.2) is 5.13 Å². The molecule has 0 aliphatic heterocycles. The number of rotatable bonds is 4. The highest BCUT2D eigenvalue weighted by Crippen LogP contribution is 2.33. The van der Waals surface area contributed by atoms with Gasteiger partial charge in [-0.05, 0) is 37.3 Å². The Morgan fingerprint density at radius 2 is 1.85 bits per heavy atom. The Labute approximate surface area is 161 Å². The van der Waals surface area contributed by atoms with Crippen LogP contribution in [0.25, 0.3) is 22.2 Å². The number of carbonyl (C=O) groups is 1. The number of nitrogens with one attached hydrogen (secondary N) is 2. The molecule has 0 bridgehead atoms. The van der Waals surface area contributed by atoms with E-state index in [4.69, 9.17) is 0 Å². The van der Waals surface area contributed by atoms with Gasteiger partial charge < -0.3 is 9.88 Å². The Morgan fingerprint density at radius 3 is 2.59 bits per heavy atom. The molecule has 0 spiro atoms. The lowest BCUT2D eigenvalue weighted by Gasteiger charge is -2.12. The van der Waals surface area contributed by atoms with E-state index in [2.05, 4.69) is 27.4 Å². The predicted molar refractivity (Wildman–Crippen MR) is 113 cm³/mol. The molecule has 0 saturated carbocycles. The summed E-state index contributed by atoms with van der Waals surface area (Å²) < 4.78 is 0. The maximum absolute atomic E-state index is 12.5. The monoisotopic (exact) mass is 376 g/mol. The molecule has 2 N–H and O–H groups in total. The first kappa shape index (κ1) is 17.3. The van der Waals surface area contributed by atoms with Crippen molar-refractivity contribution in [3.8, 4) is 11.3 Å². The minimum absolute atomic E-state index is 0.156. The van der Waals surface area contributed by atoms with Gasteiger partial charge in [-0.15, -0.1) is 11.3 Å². The standard InChI is InChI=1S/C21H20N4OS/c1-13-19(16-6-4-5-7-17(16)22-13)18-12-27-21(23-18)24-20(26)14-8-10-15(11-9-14)25(2)3/h4-12,22H,1-3H3,(H,23,24,26). The fourth-order valence-electron chi connectivity index (χ4n) is 3.13. The van der Waals surface area contributed by atoms with Crippen LogP contribution in [0.2, 0.25) is 0 Å². The van der Waals surface area contributed by atoms with Crippen molar-refractivity contribution in [3.05, 3.63) is 65.2 Å². The molecule has 2 aromatic heterocycles. The third-order valence-electron chi connectivity index (χ3n) is 4.52. The molecular weight excluding hydrogens is 356 g/mol. The van der Waals surface area contributed by atoms with Crippen LogP contribution >= 0.6 is 11.3 Å². The molecule has 6 heteroatoms. The van der Waals surface area contributed by atoms with Crippen molar-refractivity contribution in [1.82, 2.24) is 9.97 Å². The third kappa shape index (κ3) is 3.31. The molecule has 0 fully saturated rings. The summed E-state index contributed by atoms with van der Waals surface area (Å²) in [6.45, 7) is 2.04. The van der Waals surface area contributed by atoms with Crippen LogP contribution in [-0.2, 0) is 0 Å². The maximum atomic E-state index is 12.5. The van der Waals surface area contributed by atoms with Gasteiger partial charge in [-0.2, -0.15) is 0 Å². The molecule has 27 heavy (non-hydrogen) atoms. The van der Waals surface area contributed by atoms with E-state index >= 15 is 0 Å². The van der Waals surface area contributed by atoms with E-state index < -0.39 is 0 Å². The Kier molecular flexibility index (Phi) is 4.41. The summed E-state index contributed by atoms with van der Waals surface area (Å²) >= 11 is 1.43. The summed E-state index contributed by atoms with van der Waals surface area (Å²) in [5, 5.41) is 6.61. The van der Waals surface area contributed by atoms with Crippen molar-refractivity contribution in [3.63, 3.8) is 0 Å². The molecule has 2 aromatic carbocycles. The van der Waals surface area contributed by atoms with Crippen LogP contribution in [0.3, 0.4) is 0 Å². The van der Waals surface area contributed by atoms with Crippen LogP contribution < -0.4 is 10.2 Å². The molecule has 0 aliphatic rings. The molecule has 0 atom stereocenters. The van der Waals surface area contributed by atoms with E-state index in [0.29, 0.717) is 10.7 Å². The lowest BCUT2D eigenvalue weighted by atomic mass is 10.1. The number of aromatic nitrogens is 2. The number of nitrogens with zero attached hydrogens (tertiary/aromatic N) is 2. The van der Waals surface area contributed by atoms with Gasteiger partial charge in [-0.25, -0.2) is 4.98 Å². The fraction of sp³-hybridized carbons (Fsp3) is 0.143. The predicted octanol–water partition coefficient (Wildman–Crippen LogP) is 4.92. The first-order chi connectivity index (χ1) is 13.0. The van der Waals surface area contributed by atoms with Gasteiger partial charge in [-0.3, -0.25) is 10.1 Å². The normalized spacial score (nSPS) is 10.9. The highest BCUT2D eigenvalue weighted by Gasteiger charge is 2.15. The number of hydrogen-bond acceptors (Lipinski definition) is 4. The largest absolute Gasteiger partial charge is 0.378 e. The van der Waals surface area contributed by atoms with Gasteiger partial charge in [0, 0.05) is 52.9 Å². The Morgan fingerprint density at radius 1 is 1.11 bits per heavy atom. The second-order valence-electron chi connectivity index (χ2n) is 6.60.